The standard InChI is InChI=1S/C15H21N5O2/c1-10-8-18-14(16-2)20-15(19-10)17-6-5-11-3-4-12-13(7-11)22-9-21-12/h3-4,7,10H,5-6,8-9H2,1-2H3,(H3,16,17,18,19,20). The Labute approximate surface area is 129 Å². The van der Waals surface area contributed by atoms with Gasteiger partial charge >= 0.3 is 0 Å². The Balaban J connectivity index is 1.61. The van der Waals surface area contributed by atoms with Gasteiger partial charge in [0.2, 0.25) is 6.79 Å². The number of nitrogens with one attached hydrogen (secondary N) is 3. The molecule has 7 nitrogen and oxygen atoms in total. The van der Waals surface area contributed by atoms with Crippen molar-refractivity contribution in [3.8, 4) is 11.5 Å². The number of benzene rings is 1. The minimum Gasteiger partial charge on any atom is -0.454 e. The van der Waals surface area contributed by atoms with Crippen LogP contribution in [0.1, 0.15) is 12.5 Å². The van der Waals surface area contributed by atoms with Crippen molar-refractivity contribution in [1.29, 1.82) is 0 Å². The molecular weight excluding hydrogens is 282 g/mol. The van der Waals surface area contributed by atoms with Crippen molar-refractivity contribution in [2.75, 3.05) is 26.9 Å². The van der Waals surface area contributed by atoms with Crippen LogP contribution in [0.5, 0.6) is 11.5 Å². The van der Waals surface area contributed by atoms with Gasteiger partial charge in [-0.1, -0.05) is 6.07 Å². The van der Waals surface area contributed by atoms with E-state index < -0.39 is 0 Å². The molecule has 3 N–H and O–H groups in total. The molecule has 0 aromatic heterocycles. The molecule has 0 bridgehead atoms. The minimum atomic E-state index is 0.288. The van der Waals surface area contributed by atoms with Crippen molar-refractivity contribution in [2.45, 2.75) is 19.4 Å². The molecule has 0 saturated carbocycles. The van der Waals surface area contributed by atoms with E-state index in [1.807, 2.05) is 18.2 Å². The number of rotatable bonds is 3. The second-order valence-electron chi connectivity index (χ2n) is 5.29. The van der Waals surface area contributed by atoms with E-state index in [1.54, 1.807) is 7.05 Å². The maximum atomic E-state index is 5.39. The summed E-state index contributed by atoms with van der Waals surface area (Å²) in [5, 5.41) is 9.69. The van der Waals surface area contributed by atoms with Crippen LogP contribution < -0.4 is 25.4 Å². The fourth-order valence-corrected chi connectivity index (χ4v) is 2.34. The molecule has 3 rings (SSSR count). The van der Waals surface area contributed by atoms with E-state index in [4.69, 9.17) is 9.47 Å². The van der Waals surface area contributed by atoms with Crippen LogP contribution in [-0.2, 0) is 6.42 Å². The normalized spacial score (nSPS) is 23.6. The first-order chi connectivity index (χ1) is 10.7. The van der Waals surface area contributed by atoms with Gasteiger partial charge in [0.05, 0.1) is 0 Å². The third kappa shape index (κ3) is 3.41. The van der Waals surface area contributed by atoms with Crippen LogP contribution in [-0.4, -0.2) is 44.9 Å². The first-order valence-electron chi connectivity index (χ1n) is 7.42. The summed E-state index contributed by atoms with van der Waals surface area (Å²) in [4.78, 5) is 8.72. The van der Waals surface area contributed by atoms with Gasteiger partial charge in [-0.25, -0.2) is 0 Å². The van der Waals surface area contributed by atoms with Gasteiger partial charge in [0.15, 0.2) is 23.4 Å². The Hall–Kier alpha value is -2.44. The molecule has 7 heteroatoms. The molecule has 1 saturated heterocycles. The number of aliphatic imine (C=N–C) groups is 2. The monoisotopic (exact) mass is 303 g/mol. The Bertz CT molecular complexity index is 600. The van der Waals surface area contributed by atoms with Crippen molar-refractivity contribution < 1.29 is 9.47 Å². The molecule has 1 aromatic carbocycles. The van der Waals surface area contributed by atoms with Gasteiger partial charge in [0, 0.05) is 26.2 Å². The number of fused-ring (bicyclic) bond motifs is 1. The van der Waals surface area contributed by atoms with Crippen LogP contribution in [0, 0.1) is 0 Å². The lowest BCUT2D eigenvalue weighted by Crippen LogP contribution is -2.42. The Morgan fingerprint density at radius 1 is 1.23 bits per heavy atom. The topological polar surface area (TPSA) is 79.3 Å². The molecule has 1 unspecified atom stereocenters. The predicted molar refractivity (Wildman–Crippen MR) is 85.7 cm³/mol. The highest BCUT2D eigenvalue weighted by Gasteiger charge is 2.14. The average molecular weight is 303 g/mol. The van der Waals surface area contributed by atoms with Crippen LogP contribution >= 0.6 is 0 Å². The number of hydrogen-bond donors (Lipinski definition) is 3. The second-order valence-corrected chi connectivity index (χ2v) is 5.29. The van der Waals surface area contributed by atoms with Crippen LogP contribution in [0.25, 0.3) is 0 Å². The second kappa shape index (κ2) is 6.55. The van der Waals surface area contributed by atoms with Crippen molar-refractivity contribution in [3.05, 3.63) is 23.8 Å². The molecule has 22 heavy (non-hydrogen) atoms. The fraction of sp³-hybridized carbons (Fsp3) is 0.467. The van der Waals surface area contributed by atoms with Crippen molar-refractivity contribution >= 4 is 11.9 Å². The molecule has 0 spiro atoms. The summed E-state index contributed by atoms with van der Waals surface area (Å²) in [5.74, 6) is 3.11. The molecule has 2 heterocycles. The van der Waals surface area contributed by atoms with Gasteiger partial charge in [-0.2, -0.15) is 0 Å². The molecule has 1 aromatic rings. The number of guanidine groups is 2. The lowest BCUT2D eigenvalue weighted by molar-refractivity contribution is 0.174. The summed E-state index contributed by atoms with van der Waals surface area (Å²) in [7, 11) is 1.75. The van der Waals surface area contributed by atoms with E-state index >= 15 is 0 Å². The molecule has 118 valence electrons. The SMILES string of the molecule is CN=C1NCC(C)NC(=NCCc2ccc3c(c2)OCO3)N1. The zero-order valence-electron chi connectivity index (χ0n) is 12.8. The van der Waals surface area contributed by atoms with Gasteiger partial charge in [0.25, 0.3) is 0 Å². The van der Waals surface area contributed by atoms with Crippen molar-refractivity contribution in [3.63, 3.8) is 0 Å². The Kier molecular flexibility index (Phi) is 4.32. The van der Waals surface area contributed by atoms with E-state index in [-0.39, 0.29) is 6.04 Å². The average Bonchev–Trinajstić information content (AvgIpc) is 2.90. The number of nitrogens with zero attached hydrogens (tertiary/aromatic N) is 2. The highest BCUT2D eigenvalue weighted by atomic mass is 16.7. The zero-order valence-corrected chi connectivity index (χ0v) is 12.8. The smallest absolute Gasteiger partial charge is 0.231 e. The lowest BCUT2D eigenvalue weighted by atomic mass is 10.1. The molecule has 1 fully saturated rings. The van der Waals surface area contributed by atoms with Gasteiger partial charge in [-0.3, -0.25) is 15.3 Å². The van der Waals surface area contributed by atoms with E-state index in [0.717, 1.165) is 36.4 Å². The lowest BCUT2D eigenvalue weighted by Gasteiger charge is -2.11. The maximum absolute atomic E-state index is 5.39. The largest absolute Gasteiger partial charge is 0.454 e. The van der Waals surface area contributed by atoms with Gasteiger partial charge < -0.3 is 20.1 Å². The summed E-state index contributed by atoms with van der Waals surface area (Å²) in [5.41, 5.74) is 1.18. The summed E-state index contributed by atoms with van der Waals surface area (Å²) in [6.45, 7) is 3.89. The first-order valence-corrected chi connectivity index (χ1v) is 7.42. The van der Waals surface area contributed by atoms with Crippen LogP contribution in [0.2, 0.25) is 0 Å². The molecule has 1 atom stereocenters. The van der Waals surface area contributed by atoms with Gasteiger partial charge in [0.1, 0.15) is 0 Å². The maximum Gasteiger partial charge on any atom is 0.231 e. The number of ether oxygens (including phenoxy) is 2. The van der Waals surface area contributed by atoms with Crippen molar-refractivity contribution in [2.24, 2.45) is 9.98 Å². The third-order valence-corrected chi connectivity index (χ3v) is 3.53. The highest BCUT2D eigenvalue weighted by Crippen LogP contribution is 2.32. The zero-order chi connectivity index (χ0) is 15.4. The summed E-state index contributed by atoms with van der Waals surface area (Å²) >= 11 is 0. The van der Waals surface area contributed by atoms with E-state index in [1.165, 1.54) is 5.56 Å². The Morgan fingerprint density at radius 2 is 2.09 bits per heavy atom. The molecule has 0 radical (unpaired) electrons. The summed E-state index contributed by atoms with van der Waals surface area (Å²) < 4.78 is 10.7. The van der Waals surface area contributed by atoms with Crippen LogP contribution in [0.15, 0.2) is 28.2 Å². The first kappa shape index (κ1) is 14.5. The summed E-state index contributed by atoms with van der Waals surface area (Å²) in [6.07, 6.45) is 0.837. The molecule has 0 aliphatic carbocycles. The van der Waals surface area contributed by atoms with E-state index in [2.05, 4.69) is 32.9 Å². The van der Waals surface area contributed by atoms with Gasteiger partial charge in [-0.15, -0.1) is 0 Å². The summed E-state index contributed by atoms with van der Waals surface area (Å²) in [6, 6.07) is 6.29. The predicted octanol–water partition coefficient (Wildman–Crippen LogP) is 0.471. The minimum absolute atomic E-state index is 0.288. The highest BCUT2D eigenvalue weighted by molar-refractivity contribution is 5.99. The van der Waals surface area contributed by atoms with Crippen molar-refractivity contribution in [1.82, 2.24) is 16.0 Å². The van der Waals surface area contributed by atoms with Crippen LogP contribution in [0.3, 0.4) is 0 Å². The quantitative estimate of drug-likeness (QED) is 0.756. The van der Waals surface area contributed by atoms with Gasteiger partial charge in [-0.05, 0) is 31.0 Å². The molecule has 0 amide bonds. The third-order valence-electron chi connectivity index (χ3n) is 3.53. The Morgan fingerprint density at radius 3 is 2.95 bits per heavy atom. The molecule has 2 aliphatic heterocycles. The molecule has 2 aliphatic rings. The van der Waals surface area contributed by atoms with E-state index in [9.17, 15) is 0 Å². The van der Waals surface area contributed by atoms with Crippen LogP contribution in [0.4, 0.5) is 0 Å². The number of hydrogen-bond acceptors (Lipinski definition) is 4. The van der Waals surface area contributed by atoms with E-state index in [0.29, 0.717) is 13.3 Å². The fourth-order valence-electron chi connectivity index (χ4n) is 2.34. The molecular formula is C15H21N5O2.